The molecule has 0 amide bonds. The number of hydrogen-bond donors (Lipinski definition) is 1. The molecule has 1 fully saturated rings. The predicted molar refractivity (Wildman–Crippen MR) is 96.0 cm³/mol. The zero-order valence-electron chi connectivity index (χ0n) is 14.5. The molecule has 3 rings (SSSR count). The topological polar surface area (TPSA) is 39.6 Å². The van der Waals surface area contributed by atoms with Crippen LogP contribution >= 0.6 is 0 Å². The van der Waals surface area contributed by atoms with Crippen molar-refractivity contribution in [1.82, 2.24) is 9.88 Å². The van der Waals surface area contributed by atoms with Crippen molar-refractivity contribution in [3.05, 3.63) is 35.8 Å². The third kappa shape index (κ3) is 3.52. The Morgan fingerprint density at radius 3 is 2.79 bits per heavy atom. The zero-order valence-corrected chi connectivity index (χ0v) is 14.5. The minimum atomic E-state index is -0.254. The van der Waals surface area contributed by atoms with Gasteiger partial charge in [0, 0.05) is 49.1 Å². The quantitative estimate of drug-likeness (QED) is 0.914. The first-order valence-electron chi connectivity index (χ1n) is 8.72. The van der Waals surface area contributed by atoms with Crippen molar-refractivity contribution >= 4 is 16.6 Å². The van der Waals surface area contributed by atoms with Crippen LogP contribution in [0, 0.1) is 12.7 Å². The Bertz CT molecular complexity index is 698. The number of aliphatic hydroxyl groups is 1. The molecule has 2 aromatic rings. The standard InChI is InChI=1S/C19H26FN3O/c1-14-13-18(16-5-3-6-17(20)19(16)21-14)23-10-7-15(8-11-23)22(2)9-4-12-24/h3,5-6,13,15,24H,4,7-12H2,1-2H3. The van der Waals surface area contributed by atoms with Gasteiger partial charge >= 0.3 is 0 Å². The number of nitrogens with zero attached hydrogens (tertiary/aromatic N) is 3. The molecule has 4 nitrogen and oxygen atoms in total. The summed E-state index contributed by atoms with van der Waals surface area (Å²) in [7, 11) is 2.14. The minimum Gasteiger partial charge on any atom is -0.396 e. The van der Waals surface area contributed by atoms with E-state index in [0.29, 0.717) is 11.6 Å². The number of fused-ring (bicyclic) bond motifs is 1. The monoisotopic (exact) mass is 331 g/mol. The number of halogens is 1. The van der Waals surface area contributed by atoms with Crippen LogP contribution in [-0.4, -0.2) is 54.3 Å². The predicted octanol–water partition coefficient (Wildman–Crippen LogP) is 2.97. The molecule has 0 saturated carbocycles. The first-order chi connectivity index (χ1) is 11.6. The highest BCUT2D eigenvalue weighted by atomic mass is 19.1. The van der Waals surface area contributed by atoms with E-state index in [-0.39, 0.29) is 12.4 Å². The summed E-state index contributed by atoms with van der Waals surface area (Å²) in [5.41, 5.74) is 2.41. The number of aromatic nitrogens is 1. The molecule has 1 aromatic carbocycles. The van der Waals surface area contributed by atoms with E-state index < -0.39 is 0 Å². The van der Waals surface area contributed by atoms with Crippen molar-refractivity contribution in [2.24, 2.45) is 0 Å². The van der Waals surface area contributed by atoms with Gasteiger partial charge in [-0.2, -0.15) is 0 Å². The molecule has 0 atom stereocenters. The Labute approximate surface area is 142 Å². The fourth-order valence-electron chi connectivity index (χ4n) is 3.63. The molecule has 1 N–H and O–H groups in total. The Balaban J connectivity index is 1.77. The molecule has 0 aliphatic carbocycles. The van der Waals surface area contributed by atoms with E-state index in [2.05, 4.69) is 27.9 Å². The number of aliphatic hydroxyl groups excluding tert-OH is 1. The number of benzene rings is 1. The lowest BCUT2D eigenvalue weighted by atomic mass is 10.0. The lowest BCUT2D eigenvalue weighted by Crippen LogP contribution is -2.44. The molecule has 5 heteroatoms. The Kier molecular flexibility index (Phi) is 5.31. The maximum Gasteiger partial charge on any atom is 0.149 e. The summed E-state index contributed by atoms with van der Waals surface area (Å²) in [5, 5.41) is 9.88. The van der Waals surface area contributed by atoms with Crippen molar-refractivity contribution in [3.63, 3.8) is 0 Å². The van der Waals surface area contributed by atoms with Gasteiger partial charge in [-0.15, -0.1) is 0 Å². The summed E-state index contributed by atoms with van der Waals surface area (Å²) < 4.78 is 14.1. The summed E-state index contributed by atoms with van der Waals surface area (Å²) in [6.45, 7) is 5.03. The normalized spacial score (nSPS) is 16.3. The van der Waals surface area contributed by atoms with Crippen molar-refractivity contribution in [3.8, 4) is 0 Å². The molecule has 24 heavy (non-hydrogen) atoms. The smallest absolute Gasteiger partial charge is 0.149 e. The summed E-state index contributed by atoms with van der Waals surface area (Å²) >= 11 is 0. The molecular weight excluding hydrogens is 305 g/mol. The molecular formula is C19H26FN3O. The van der Waals surface area contributed by atoms with Gasteiger partial charge in [0.25, 0.3) is 0 Å². The Morgan fingerprint density at radius 2 is 2.08 bits per heavy atom. The van der Waals surface area contributed by atoms with Crippen LogP contribution in [0.25, 0.3) is 10.9 Å². The number of anilines is 1. The van der Waals surface area contributed by atoms with E-state index in [9.17, 15) is 4.39 Å². The number of hydrogen-bond acceptors (Lipinski definition) is 4. The van der Waals surface area contributed by atoms with Crippen LogP contribution in [0.5, 0.6) is 0 Å². The van der Waals surface area contributed by atoms with Crippen LogP contribution in [0.1, 0.15) is 25.0 Å². The lowest BCUT2D eigenvalue weighted by molar-refractivity contribution is 0.184. The van der Waals surface area contributed by atoms with Crippen LogP contribution < -0.4 is 4.90 Å². The van der Waals surface area contributed by atoms with Gasteiger partial charge in [-0.1, -0.05) is 12.1 Å². The van der Waals surface area contributed by atoms with Crippen LogP contribution in [-0.2, 0) is 0 Å². The third-order valence-electron chi connectivity index (χ3n) is 4.99. The van der Waals surface area contributed by atoms with Crippen molar-refractivity contribution in [2.45, 2.75) is 32.2 Å². The van der Waals surface area contributed by atoms with Crippen molar-refractivity contribution in [1.29, 1.82) is 0 Å². The summed E-state index contributed by atoms with van der Waals surface area (Å²) in [5.74, 6) is -0.254. The van der Waals surface area contributed by atoms with Crippen LogP contribution in [0.4, 0.5) is 10.1 Å². The van der Waals surface area contributed by atoms with Gasteiger partial charge in [0.05, 0.1) is 0 Å². The maximum absolute atomic E-state index is 14.1. The average Bonchev–Trinajstić information content (AvgIpc) is 2.60. The van der Waals surface area contributed by atoms with E-state index in [1.165, 1.54) is 6.07 Å². The van der Waals surface area contributed by atoms with Gasteiger partial charge in [0.1, 0.15) is 11.3 Å². The van der Waals surface area contributed by atoms with E-state index in [4.69, 9.17) is 5.11 Å². The van der Waals surface area contributed by atoms with Gasteiger partial charge < -0.3 is 14.9 Å². The number of piperidine rings is 1. The molecule has 0 spiro atoms. The van der Waals surface area contributed by atoms with Gasteiger partial charge in [-0.05, 0) is 45.4 Å². The van der Waals surface area contributed by atoms with Crippen LogP contribution in [0.3, 0.4) is 0 Å². The minimum absolute atomic E-state index is 0.247. The molecule has 1 aliphatic heterocycles. The Hall–Kier alpha value is -1.72. The van der Waals surface area contributed by atoms with Gasteiger partial charge in [0.15, 0.2) is 0 Å². The zero-order chi connectivity index (χ0) is 17.1. The van der Waals surface area contributed by atoms with E-state index in [1.807, 2.05) is 13.0 Å². The first kappa shape index (κ1) is 17.1. The largest absolute Gasteiger partial charge is 0.396 e. The second kappa shape index (κ2) is 7.45. The van der Waals surface area contributed by atoms with Gasteiger partial charge in [-0.25, -0.2) is 9.37 Å². The molecule has 2 heterocycles. The van der Waals surface area contributed by atoms with Crippen molar-refractivity contribution < 1.29 is 9.50 Å². The molecule has 130 valence electrons. The van der Waals surface area contributed by atoms with E-state index >= 15 is 0 Å². The van der Waals surface area contributed by atoms with Gasteiger partial charge in [0.2, 0.25) is 0 Å². The second-order valence-corrected chi connectivity index (χ2v) is 6.69. The SMILES string of the molecule is Cc1cc(N2CCC(N(C)CCCO)CC2)c2cccc(F)c2n1. The Morgan fingerprint density at radius 1 is 1.33 bits per heavy atom. The molecule has 0 radical (unpaired) electrons. The number of pyridine rings is 1. The molecule has 1 aliphatic rings. The molecule has 1 saturated heterocycles. The number of aryl methyl sites for hydroxylation is 1. The van der Waals surface area contributed by atoms with E-state index in [1.54, 1.807) is 6.07 Å². The molecule has 1 aromatic heterocycles. The fourth-order valence-corrected chi connectivity index (χ4v) is 3.63. The highest BCUT2D eigenvalue weighted by Gasteiger charge is 2.24. The summed E-state index contributed by atoms with van der Waals surface area (Å²) in [6.07, 6.45) is 2.99. The van der Waals surface area contributed by atoms with E-state index in [0.717, 1.165) is 55.7 Å². The number of para-hydroxylation sites is 1. The first-order valence-corrected chi connectivity index (χ1v) is 8.72. The summed E-state index contributed by atoms with van der Waals surface area (Å²) in [6, 6.07) is 7.81. The van der Waals surface area contributed by atoms with Gasteiger partial charge in [-0.3, -0.25) is 0 Å². The second-order valence-electron chi connectivity index (χ2n) is 6.69. The molecule has 0 unspecified atom stereocenters. The maximum atomic E-state index is 14.1. The molecule has 0 bridgehead atoms. The fraction of sp³-hybridized carbons (Fsp3) is 0.526. The third-order valence-corrected chi connectivity index (χ3v) is 4.99. The van der Waals surface area contributed by atoms with Crippen LogP contribution in [0.15, 0.2) is 24.3 Å². The lowest BCUT2D eigenvalue weighted by Gasteiger charge is -2.38. The highest BCUT2D eigenvalue weighted by Crippen LogP contribution is 2.30. The highest BCUT2D eigenvalue weighted by molar-refractivity contribution is 5.92. The number of rotatable bonds is 5. The summed E-state index contributed by atoms with van der Waals surface area (Å²) in [4.78, 5) is 9.08. The van der Waals surface area contributed by atoms with Crippen LogP contribution in [0.2, 0.25) is 0 Å². The van der Waals surface area contributed by atoms with Crippen molar-refractivity contribution in [2.75, 3.05) is 38.2 Å². The average molecular weight is 331 g/mol.